The third-order valence-corrected chi connectivity index (χ3v) is 7.84. The Balaban J connectivity index is 1.35. The van der Waals surface area contributed by atoms with E-state index in [0.717, 1.165) is 36.1 Å². The number of nitrogen functional groups attached to an aromatic ring is 1. The van der Waals surface area contributed by atoms with Crippen molar-refractivity contribution < 1.29 is 31.5 Å². The maximum atomic E-state index is 13.9. The van der Waals surface area contributed by atoms with E-state index in [9.17, 15) is 26.7 Å². The fourth-order valence-corrected chi connectivity index (χ4v) is 5.16. The van der Waals surface area contributed by atoms with E-state index in [1.807, 2.05) is 20.8 Å². The first-order valence-corrected chi connectivity index (χ1v) is 14.7. The van der Waals surface area contributed by atoms with Gasteiger partial charge in [0.1, 0.15) is 17.2 Å². The predicted molar refractivity (Wildman–Crippen MR) is 163 cm³/mol. The summed E-state index contributed by atoms with van der Waals surface area (Å²) in [4.78, 5) is 33.0. The van der Waals surface area contributed by atoms with Gasteiger partial charge in [0.15, 0.2) is 17.3 Å². The van der Waals surface area contributed by atoms with Crippen molar-refractivity contribution in [3.8, 4) is 11.4 Å². The lowest BCUT2D eigenvalue weighted by Gasteiger charge is -2.41. The second-order valence-electron chi connectivity index (χ2n) is 12.7. The molecule has 2 fully saturated rings. The van der Waals surface area contributed by atoms with Gasteiger partial charge in [0, 0.05) is 24.8 Å². The predicted octanol–water partition coefficient (Wildman–Crippen LogP) is 4.96. The zero-order valence-corrected chi connectivity index (χ0v) is 25.9. The third-order valence-electron chi connectivity index (χ3n) is 7.84. The van der Waals surface area contributed by atoms with Crippen LogP contribution >= 0.6 is 0 Å². The van der Waals surface area contributed by atoms with E-state index in [4.69, 9.17) is 10.5 Å². The molecule has 2 saturated heterocycles. The number of amides is 1. The quantitative estimate of drug-likeness (QED) is 0.227. The average molecular weight is 650 g/mol. The van der Waals surface area contributed by atoms with Crippen molar-refractivity contribution in [2.45, 2.75) is 63.8 Å². The molecule has 0 unspecified atom stereocenters. The van der Waals surface area contributed by atoms with Crippen LogP contribution in [0.15, 0.2) is 36.7 Å². The number of nitrogens with two attached hydrogens (primary N) is 1. The molecule has 0 radical (unpaired) electrons. The summed E-state index contributed by atoms with van der Waals surface area (Å²) < 4.78 is 74.5. The minimum Gasteiger partial charge on any atom is -0.382 e. The van der Waals surface area contributed by atoms with E-state index in [-0.39, 0.29) is 28.6 Å². The fourth-order valence-electron chi connectivity index (χ4n) is 5.16. The first kappa shape index (κ1) is 33.2. The summed E-state index contributed by atoms with van der Waals surface area (Å²) in [6.07, 6.45) is -0.838. The summed E-state index contributed by atoms with van der Waals surface area (Å²) in [5.74, 6) is -4.02. The van der Waals surface area contributed by atoms with Crippen LogP contribution in [0.4, 0.5) is 45.1 Å². The van der Waals surface area contributed by atoms with Crippen LogP contribution < -0.4 is 26.2 Å². The van der Waals surface area contributed by atoms with Crippen LogP contribution in [-0.2, 0) is 10.9 Å². The molecule has 2 aliphatic heterocycles. The van der Waals surface area contributed by atoms with Gasteiger partial charge in [-0.1, -0.05) is 0 Å². The minimum absolute atomic E-state index is 0.0914. The number of anilines is 4. The number of ether oxygens (including phenoxy) is 1. The van der Waals surface area contributed by atoms with E-state index in [0.29, 0.717) is 25.5 Å². The molecule has 4 N–H and O–H groups in total. The molecule has 0 atom stereocenters. The van der Waals surface area contributed by atoms with Crippen LogP contribution in [0.1, 0.15) is 56.6 Å². The number of carbonyl (C=O) groups excluding carboxylic acids is 1. The Bertz CT molecular complexity index is 1580. The molecule has 3 aromatic heterocycles. The molecular weight excluding hydrogens is 613 g/mol. The van der Waals surface area contributed by atoms with Gasteiger partial charge in [-0.25, -0.2) is 28.7 Å². The van der Waals surface area contributed by atoms with Crippen LogP contribution in [-0.4, -0.2) is 75.8 Å². The molecule has 248 valence electrons. The first-order chi connectivity index (χ1) is 21.4. The summed E-state index contributed by atoms with van der Waals surface area (Å²) in [5.41, 5.74) is 3.48. The van der Waals surface area contributed by atoms with Crippen LogP contribution in [0.2, 0.25) is 0 Å². The third kappa shape index (κ3) is 7.61. The average Bonchev–Trinajstić information content (AvgIpc) is 2.95. The lowest BCUT2D eigenvalue weighted by Crippen LogP contribution is -2.56. The maximum Gasteiger partial charge on any atom is 0.418 e. The molecule has 0 aromatic carbocycles. The van der Waals surface area contributed by atoms with Gasteiger partial charge in [0.25, 0.3) is 11.8 Å². The number of pyridine rings is 2. The molecule has 3 aromatic rings. The molecule has 1 amide bonds. The smallest absolute Gasteiger partial charge is 0.382 e. The Morgan fingerprint density at radius 2 is 1.74 bits per heavy atom. The van der Waals surface area contributed by atoms with E-state index >= 15 is 0 Å². The van der Waals surface area contributed by atoms with Gasteiger partial charge in [-0.3, -0.25) is 10.1 Å². The van der Waals surface area contributed by atoms with Crippen molar-refractivity contribution in [2.75, 3.05) is 53.8 Å². The number of alkyl halides is 5. The van der Waals surface area contributed by atoms with Crippen molar-refractivity contribution in [1.29, 1.82) is 0 Å². The Hall–Kier alpha value is -4.18. The summed E-state index contributed by atoms with van der Waals surface area (Å²) in [6.45, 7) is 8.43. The zero-order valence-electron chi connectivity index (χ0n) is 25.9. The highest BCUT2D eigenvalue weighted by Gasteiger charge is 2.45. The summed E-state index contributed by atoms with van der Waals surface area (Å²) in [7, 11) is 0. The highest BCUT2D eigenvalue weighted by molar-refractivity contribution is 6.06. The molecule has 0 saturated carbocycles. The Labute approximate surface area is 262 Å². The van der Waals surface area contributed by atoms with Crippen molar-refractivity contribution >= 4 is 29.0 Å². The molecule has 2 aliphatic rings. The van der Waals surface area contributed by atoms with E-state index < -0.39 is 53.7 Å². The van der Waals surface area contributed by atoms with Gasteiger partial charge in [0.05, 0.1) is 42.9 Å². The normalized spacial score (nSPS) is 17.8. The van der Waals surface area contributed by atoms with Gasteiger partial charge in [-0.15, -0.1) is 0 Å². The molecule has 11 nitrogen and oxygen atoms in total. The molecule has 0 aliphatic carbocycles. The van der Waals surface area contributed by atoms with Crippen LogP contribution in [0.3, 0.4) is 0 Å². The number of hydrogen-bond acceptors (Lipinski definition) is 10. The topological polar surface area (TPSA) is 134 Å². The number of piperidine rings is 1. The van der Waals surface area contributed by atoms with Crippen molar-refractivity contribution in [2.24, 2.45) is 0 Å². The fraction of sp³-hybridized carbons (Fsp3) is 0.500. The number of hydrogen-bond donors (Lipinski definition) is 3. The maximum absolute atomic E-state index is 13.9. The molecule has 0 bridgehead atoms. The molecule has 0 spiro atoms. The number of halogens is 5. The van der Waals surface area contributed by atoms with Gasteiger partial charge in [0.2, 0.25) is 0 Å². The zero-order chi connectivity index (χ0) is 33.5. The second-order valence-corrected chi connectivity index (χ2v) is 12.7. The molecule has 16 heteroatoms. The molecule has 5 rings (SSSR count). The van der Waals surface area contributed by atoms with Crippen LogP contribution in [0.5, 0.6) is 0 Å². The van der Waals surface area contributed by atoms with E-state index in [1.165, 1.54) is 6.20 Å². The Morgan fingerprint density at radius 1 is 1.04 bits per heavy atom. The summed E-state index contributed by atoms with van der Waals surface area (Å²) >= 11 is 0. The number of nitrogens with one attached hydrogen (secondary N) is 2. The van der Waals surface area contributed by atoms with Gasteiger partial charge < -0.3 is 25.6 Å². The minimum atomic E-state index is -4.85. The Morgan fingerprint density at radius 3 is 2.37 bits per heavy atom. The summed E-state index contributed by atoms with van der Waals surface area (Å²) in [6, 6.07) is 5.29. The van der Waals surface area contributed by atoms with Crippen LogP contribution in [0.25, 0.3) is 11.4 Å². The number of rotatable bonds is 8. The highest BCUT2D eigenvalue weighted by atomic mass is 19.4. The van der Waals surface area contributed by atoms with Crippen molar-refractivity contribution in [3.63, 3.8) is 0 Å². The standard InChI is InChI=1S/C30H36F5N9O2/c1-27(2,3)46-17-39-28(4)9-12-43(13-10-28)20-6-5-11-37-25(20)42-26(45)23-24(36)38-14-19(40-23)22-18(30(33,34)35)7-8-21(41-22)44-15-29(31,32)16-44/h5-8,11,14,39H,9-10,12-13,15-17H2,1-4H3,(H2,36,38)(H,37,42,45). The number of carbonyl (C=O) groups is 1. The molecular formula is C30H36F5N9O2. The lowest BCUT2D eigenvalue weighted by atomic mass is 9.89. The Kier molecular flexibility index (Phi) is 8.81. The van der Waals surface area contributed by atoms with E-state index in [1.54, 1.807) is 12.1 Å². The van der Waals surface area contributed by atoms with Crippen LogP contribution in [0, 0.1) is 0 Å². The van der Waals surface area contributed by atoms with E-state index in [2.05, 4.69) is 42.4 Å². The number of nitrogens with zero attached hydrogens (tertiary/aromatic N) is 6. The SMILES string of the molecule is CC1(NCOC(C)(C)C)CCN(c2cccnc2NC(=O)c2nc(-c3nc(N4CC(F)(F)C4)ccc3C(F)(F)F)cnc2N)CC1. The lowest BCUT2D eigenvalue weighted by molar-refractivity contribution is -0.137. The van der Waals surface area contributed by atoms with Crippen molar-refractivity contribution in [3.05, 3.63) is 47.9 Å². The van der Waals surface area contributed by atoms with Gasteiger partial charge in [-0.05, 0) is 64.8 Å². The van der Waals surface area contributed by atoms with Gasteiger partial charge in [-0.2, -0.15) is 13.2 Å². The highest BCUT2D eigenvalue weighted by Crippen LogP contribution is 2.39. The van der Waals surface area contributed by atoms with Crippen molar-refractivity contribution in [1.82, 2.24) is 25.3 Å². The monoisotopic (exact) mass is 649 g/mol. The second kappa shape index (κ2) is 12.2. The first-order valence-electron chi connectivity index (χ1n) is 14.7. The largest absolute Gasteiger partial charge is 0.418 e. The summed E-state index contributed by atoms with van der Waals surface area (Å²) in [5, 5.41) is 6.15. The molecule has 46 heavy (non-hydrogen) atoms. The van der Waals surface area contributed by atoms with Gasteiger partial charge >= 0.3 is 6.18 Å². The number of aromatic nitrogens is 4. The molecule has 5 heterocycles.